The van der Waals surface area contributed by atoms with Gasteiger partial charge in [-0.2, -0.15) is 0 Å². The summed E-state index contributed by atoms with van der Waals surface area (Å²) in [6, 6.07) is 11.6. The van der Waals surface area contributed by atoms with E-state index >= 15 is 0 Å². The number of halogens is 1. The van der Waals surface area contributed by atoms with E-state index in [1.54, 1.807) is 12.1 Å². The van der Waals surface area contributed by atoms with Crippen LogP contribution < -0.4 is 17.0 Å². The van der Waals surface area contributed by atoms with Gasteiger partial charge < -0.3 is 17.1 Å². The molecule has 0 aliphatic heterocycles. The van der Waals surface area contributed by atoms with Crippen LogP contribution >= 0.6 is 0 Å². The summed E-state index contributed by atoms with van der Waals surface area (Å²) in [6.07, 6.45) is 4.09. The Morgan fingerprint density at radius 1 is 1.11 bits per heavy atom. The Kier molecular flexibility index (Phi) is 5.52. The number of hydrogen-bond acceptors (Lipinski definition) is 2. The Balaban J connectivity index is 0.00000180. The zero-order valence-electron chi connectivity index (χ0n) is 11.0. The van der Waals surface area contributed by atoms with Gasteiger partial charge in [-0.05, 0) is 24.6 Å². The number of aromatic nitrogens is 1. The predicted octanol–water partition coefficient (Wildman–Crippen LogP) is -0.879. The molecule has 0 aliphatic carbocycles. The van der Waals surface area contributed by atoms with Gasteiger partial charge in [-0.15, -0.1) is 0 Å². The average Bonchev–Trinajstić information content (AvgIpc) is 2.41. The number of nitrogens with zero attached hydrogens (tertiary/aromatic N) is 1. The number of hydrogen-bond donors (Lipinski definition) is 0. The molecule has 0 unspecified atom stereocenters. The maximum atomic E-state index is 11.3. The van der Waals surface area contributed by atoms with E-state index in [9.17, 15) is 4.79 Å². The summed E-state index contributed by atoms with van der Waals surface area (Å²) in [7, 11) is 1.39. The van der Waals surface area contributed by atoms with Crippen molar-refractivity contribution < 1.29 is 26.5 Å². The highest BCUT2D eigenvalue weighted by Crippen LogP contribution is 2.05. The van der Waals surface area contributed by atoms with E-state index in [0.29, 0.717) is 5.56 Å². The monoisotopic (exact) mass is 277 g/mol. The third kappa shape index (κ3) is 4.07. The van der Waals surface area contributed by atoms with Crippen molar-refractivity contribution in [1.82, 2.24) is 0 Å². The van der Waals surface area contributed by atoms with E-state index in [1.807, 2.05) is 24.5 Å². The van der Waals surface area contributed by atoms with Gasteiger partial charge in [0.15, 0.2) is 18.9 Å². The molecule has 1 aromatic carbocycles. The minimum atomic E-state index is -0.301. The summed E-state index contributed by atoms with van der Waals surface area (Å²) in [4.78, 5) is 11.3. The van der Waals surface area contributed by atoms with Crippen molar-refractivity contribution in [2.24, 2.45) is 0 Å². The summed E-state index contributed by atoms with van der Waals surface area (Å²) in [6.45, 7) is 2.86. The second-order valence-corrected chi connectivity index (χ2v) is 4.24. The Hall–Kier alpha value is -1.87. The molecule has 0 fully saturated rings. The zero-order valence-corrected chi connectivity index (χ0v) is 11.7. The van der Waals surface area contributed by atoms with E-state index in [0.717, 1.165) is 12.1 Å². The number of ether oxygens (including phenoxy) is 1. The van der Waals surface area contributed by atoms with Crippen molar-refractivity contribution in [3.05, 3.63) is 65.5 Å². The fourth-order valence-electron chi connectivity index (χ4n) is 1.71. The van der Waals surface area contributed by atoms with E-state index in [1.165, 1.54) is 12.7 Å². The van der Waals surface area contributed by atoms with Crippen molar-refractivity contribution >= 4 is 5.97 Å². The van der Waals surface area contributed by atoms with Gasteiger partial charge in [-0.3, -0.25) is 0 Å². The van der Waals surface area contributed by atoms with Crippen molar-refractivity contribution in [3.8, 4) is 0 Å². The summed E-state index contributed by atoms with van der Waals surface area (Å²) >= 11 is 0. The van der Waals surface area contributed by atoms with E-state index in [4.69, 9.17) is 0 Å². The molecule has 2 aromatic rings. The van der Waals surface area contributed by atoms with Crippen molar-refractivity contribution in [1.29, 1.82) is 0 Å². The highest BCUT2D eigenvalue weighted by atomic mass is 35.5. The first-order valence-electron chi connectivity index (χ1n) is 5.82. The first-order chi connectivity index (χ1) is 8.69. The van der Waals surface area contributed by atoms with Crippen LogP contribution in [0.1, 0.15) is 21.5 Å². The second-order valence-electron chi connectivity index (χ2n) is 4.24. The molecular formula is C15H16ClNO2. The Labute approximate surface area is 119 Å². The molecule has 0 aliphatic rings. The molecule has 0 spiro atoms. The average molecular weight is 278 g/mol. The molecule has 0 N–H and O–H groups in total. The normalized spacial score (nSPS) is 9.58. The van der Waals surface area contributed by atoms with Crippen LogP contribution in [0.3, 0.4) is 0 Å². The molecular weight excluding hydrogens is 262 g/mol. The lowest BCUT2D eigenvalue weighted by atomic mass is 10.1. The first kappa shape index (κ1) is 15.2. The molecule has 1 aromatic heterocycles. The Morgan fingerprint density at radius 2 is 1.68 bits per heavy atom. The maximum absolute atomic E-state index is 11.3. The van der Waals surface area contributed by atoms with Gasteiger partial charge in [0.1, 0.15) is 0 Å². The number of esters is 1. The van der Waals surface area contributed by atoms with Crippen LogP contribution in [0, 0.1) is 6.92 Å². The molecule has 3 nitrogen and oxygen atoms in total. The smallest absolute Gasteiger partial charge is 0.337 e. The van der Waals surface area contributed by atoms with Gasteiger partial charge in [0.25, 0.3) is 0 Å². The van der Waals surface area contributed by atoms with Gasteiger partial charge in [-0.25, -0.2) is 9.36 Å². The van der Waals surface area contributed by atoms with Crippen LogP contribution in [-0.4, -0.2) is 13.1 Å². The lowest BCUT2D eigenvalue weighted by molar-refractivity contribution is -0.688. The summed E-state index contributed by atoms with van der Waals surface area (Å²) < 4.78 is 6.76. The summed E-state index contributed by atoms with van der Waals surface area (Å²) in [5.74, 6) is -0.301. The molecule has 4 heteroatoms. The first-order valence-corrected chi connectivity index (χ1v) is 5.82. The number of carbonyl (C=O) groups is 1. The molecule has 0 saturated heterocycles. The van der Waals surface area contributed by atoms with E-state index < -0.39 is 0 Å². The number of pyridine rings is 1. The predicted molar refractivity (Wildman–Crippen MR) is 68.3 cm³/mol. The molecule has 0 saturated carbocycles. The SMILES string of the molecule is COC(=O)c1ccc(C[n+]2ccc(C)cc2)cc1.[Cl-]. The minimum absolute atomic E-state index is 0. The number of aryl methyl sites for hydroxylation is 1. The van der Waals surface area contributed by atoms with E-state index in [2.05, 4.69) is 28.4 Å². The van der Waals surface area contributed by atoms with Gasteiger partial charge in [0, 0.05) is 17.7 Å². The lowest BCUT2D eigenvalue weighted by Crippen LogP contribution is -3.00. The third-order valence-corrected chi connectivity index (χ3v) is 2.80. The topological polar surface area (TPSA) is 30.2 Å². The maximum Gasteiger partial charge on any atom is 0.337 e. The third-order valence-electron chi connectivity index (χ3n) is 2.80. The van der Waals surface area contributed by atoms with Crippen LogP contribution in [0.4, 0.5) is 0 Å². The Morgan fingerprint density at radius 3 is 2.21 bits per heavy atom. The summed E-state index contributed by atoms with van der Waals surface area (Å²) in [5, 5.41) is 0. The molecule has 0 amide bonds. The molecule has 19 heavy (non-hydrogen) atoms. The molecule has 0 bridgehead atoms. The highest BCUT2D eigenvalue weighted by molar-refractivity contribution is 5.89. The number of carbonyl (C=O) groups excluding carboxylic acids is 1. The van der Waals surface area contributed by atoms with Crippen LogP contribution in [-0.2, 0) is 11.3 Å². The highest BCUT2D eigenvalue weighted by Gasteiger charge is 2.06. The van der Waals surface area contributed by atoms with Crippen LogP contribution in [0.15, 0.2) is 48.8 Å². The Bertz CT molecular complexity index is 535. The van der Waals surface area contributed by atoms with Gasteiger partial charge in [0.05, 0.1) is 12.7 Å². The van der Waals surface area contributed by atoms with Crippen LogP contribution in [0.5, 0.6) is 0 Å². The zero-order chi connectivity index (χ0) is 13.0. The van der Waals surface area contributed by atoms with Crippen LogP contribution in [0.2, 0.25) is 0 Å². The van der Waals surface area contributed by atoms with Crippen molar-refractivity contribution in [3.63, 3.8) is 0 Å². The number of methoxy groups -OCH3 is 1. The molecule has 2 rings (SSSR count). The molecule has 0 radical (unpaired) electrons. The fraction of sp³-hybridized carbons (Fsp3) is 0.200. The van der Waals surface area contributed by atoms with Crippen molar-refractivity contribution in [2.45, 2.75) is 13.5 Å². The summed E-state index contributed by atoms with van der Waals surface area (Å²) in [5.41, 5.74) is 2.97. The standard InChI is InChI=1S/C15H16NO2.ClH/c1-12-7-9-16(10-8-12)11-13-3-5-14(6-4-13)15(17)18-2;/h3-10H,11H2,1-2H3;1H/q+1;/p-1. The van der Waals surface area contributed by atoms with Gasteiger partial charge in [-0.1, -0.05) is 12.1 Å². The molecule has 0 atom stereocenters. The second kappa shape index (κ2) is 6.90. The largest absolute Gasteiger partial charge is 1.00 e. The number of benzene rings is 1. The van der Waals surface area contributed by atoms with E-state index in [-0.39, 0.29) is 18.4 Å². The fourth-order valence-corrected chi connectivity index (χ4v) is 1.71. The van der Waals surface area contributed by atoms with Crippen molar-refractivity contribution in [2.75, 3.05) is 7.11 Å². The van der Waals surface area contributed by atoms with Crippen LogP contribution in [0.25, 0.3) is 0 Å². The quantitative estimate of drug-likeness (QED) is 0.539. The number of rotatable bonds is 3. The van der Waals surface area contributed by atoms with Gasteiger partial charge in [0.2, 0.25) is 0 Å². The molecule has 1 heterocycles. The molecule has 100 valence electrons. The lowest BCUT2D eigenvalue weighted by Gasteiger charge is -2.01. The minimum Gasteiger partial charge on any atom is -1.00 e. The van der Waals surface area contributed by atoms with Gasteiger partial charge >= 0.3 is 5.97 Å².